The smallest absolute Gasteiger partial charge is 0.272 e. The summed E-state index contributed by atoms with van der Waals surface area (Å²) in [6.45, 7) is 5.19. The highest BCUT2D eigenvalue weighted by Crippen LogP contribution is 2.25. The summed E-state index contributed by atoms with van der Waals surface area (Å²) in [6, 6.07) is 5.91. The Kier molecular flexibility index (Phi) is 4.89. The monoisotopic (exact) mass is 384 g/mol. The maximum atomic E-state index is 13.8. The van der Waals surface area contributed by atoms with Gasteiger partial charge in [-0.2, -0.15) is 10.2 Å². The van der Waals surface area contributed by atoms with Gasteiger partial charge >= 0.3 is 0 Å². The van der Waals surface area contributed by atoms with E-state index in [0.29, 0.717) is 12.2 Å². The van der Waals surface area contributed by atoms with Gasteiger partial charge in [-0.25, -0.2) is 4.39 Å². The number of fused-ring (bicyclic) bond motifs is 1. The normalized spacial score (nSPS) is 16.5. The fourth-order valence-electron chi connectivity index (χ4n) is 3.80. The van der Waals surface area contributed by atoms with Crippen LogP contribution in [0.3, 0.4) is 0 Å². The molecule has 3 aromatic rings. The Balaban J connectivity index is 1.44. The molecule has 0 bridgehead atoms. The highest BCUT2D eigenvalue weighted by molar-refractivity contribution is 6.05. The Morgan fingerprint density at radius 3 is 2.79 bits per heavy atom. The first-order valence-electron chi connectivity index (χ1n) is 9.58. The van der Waals surface area contributed by atoms with Crippen LogP contribution in [0.4, 0.5) is 4.39 Å². The molecule has 148 valence electrons. The van der Waals surface area contributed by atoms with Gasteiger partial charge in [0.25, 0.3) is 5.91 Å². The van der Waals surface area contributed by atoms with E-state index in [0.717, 1.165) is 48.0 Å². The quantitative estimate of drug-likeness (QED) is 0.631. The van der Waals surface area contributed by atoms with Crippen LogP contribution in [0.15, 0.2) is 30.6 Å². The van der Waals surface area contributed by atoms with Gasteiger partial charge in [0.05, 0.1) is 11.7 Å². The number of nitrogens with zero attached hydrogens (tertiary/aromatic N) is 3. The molecule has 0 unspecified atom stereocenters. The molecule has 1 amide bonds. The van der Waals surface area contributed by atoms with E-state index >= 15 is 0 Å². The van der Waals surface area contributed by atoms with Crippen molar-refractivity contribution in [1.82, 2.24) is 30.6 Å². The molecule has 1 aliphatic rings. The van der Waals surface area contributed by atoms with Crippen LogP contribution in [0.5, 0.6) is 0 Å². The summed E-state index contributed by atoms with van der Waals surface area (Å²) in [5, 5.41) is 17.8. The molecular formula is C20H25FN6O. The summed E-state index contributed by atoms with van der Waals surface area (Å²) < 4.78 is 13.8. The van der Waals surface area contributed by atoms with Crippen molar-refractivity contribution in [2.75, 3.05) is 19.6 Å². The highest BCUT2D eigenvalue weighted by atomic mass is 19.1. The molecule has 2 aromatic heterocycles. The third-order valence-corrected chi connectivity index (χ3v) is 5.13. The summed E-state index contributed by atoms with van der Waals surface area (Å²) in [5.41, 5.74) is 1.94. The highest BCUT2D eigenvalue weighted by Gasteiger charge is 2.27. The minimum atomic E-state index is -1.20. The van der Waals surface area contributed by atoms with Crippen LogP contribution < -0.4 is 5.32 Å². The number of amides is 1. The molecule has 8 heteroatoms. The third kappa shape index (κ3) is 4.06. The van der Waals surface area contributed by atoms with Crippen LogP contribution in [0.2, 0.25) is 0 Å². The van der Waals surface area contributed by atoms with Crippen molar-refractivity contribution in [2.45, 2.75) is 38.4 Å². The molecule has 4 rings (SSSR count). The standard InChI is InChI=1S/C20H25FN6O/c1-20(2,21)12-27-7-5-15(6-8-27)24-19(28)18-16-9-13(14-10-22-23-11-14)3-4-17(16)25-26-18/h3-4,9-11,15H,5-8,12H2,1-2H3,(H,22,23)(H,24,28)(H,25,26). The molecule has 0 saturated carbocycles. The number of alkyl halides is 1. The first kappa shape index (κ1) is 18.6. The van der Waals surface area contributed by atoms with Gasteiger partial charge in [-0.3, -0.25) is 15.0 Å². The lowest BCUT2D eigenvalue weighted by molar-refractivity contribution is 0.0844. The topological polar surface area (TPSA) is 89.7 Å². The lowest BCUT2D eigenvalue weighted by Gasteiger charge is -2.34. The lowest BCUT2D eigenvalue weighted by Crippen LogP contribution is -2.47. The molecule has 1 saturated heterocycles. The Labute approximate surface area is 162 Å². The molecule has 0 radical (unpaired) electrons. The fraction of sp³-hybridized carbons (Fsp3) is 0.450. The van der Waals surface area contributed by atoms with Crippen molar-refractivity contribution in [3.05, 3.63) is 36.3 Å². The average molecular weight is 384 g/mol. The number of nitrogens with one attached hydrogen (secondary N) is 3. The molecule has 7 nitrogen and oxygen atoms in total. The van der Waals surface area contributed by atoms with Crippen molar-refractivity contribution >= 4 is 16.8 Å². The van der Waals surface area contributed by atoms with E-state index in [4.69, 9.17) is 0 Å². The number of hydrogen-bond donors (Lipinski definition) is 3. The number of carbonyl (C=O) groups excluding carboxylic acids is 1. The maximum absolute atomic E-state index is 13.8. The number of likely N-dealkylation sites (tertiary alicyclic amines) is 1. The fourth-order valence-corrected chi connectivity index (χ4v) is 3.80. The van der Waals surface area contributed by atoms with Crippen molar-refractivity contribution in [3.8, 4) is 11.1 Å². The molecule has 3 N–H and O–H groups in total. The van der Waals surface area contributed by atoms with Crippen LogP contribution in [-0.4, -0.2) is 62.5 Å². The zero-order valence-electron chi connectivity index (χ0n) is 16.1. The van der Waals surface area contributed by atoms with Gasteiger partial charge in [-0.05, 0) is 44.4 Å². The zero-order valence-corrected chi connectivity index (χ0v) is 16.1. The molecule has 0 atom stereocenters. The van der Waals surface area contributed by atoms with E-state index in [2.05, 4.69) is 30.6 Å². The van der Waals surface area contributed by atoms with Gasteiger partial charge in [-0.15, -0.1) is 0 Å². The predicted octanol–water partition coefficient (Wildman–Crippen LogP) is 2.90. The second-order valence-corrected chi connectivity index (χ2v) is 8.06. The van der Waals surface area contributed by atoms with E-state index in [-0.39, 0.29) is 11.9 Å². The minimum absolute atomic E-state index is 0.0790. The number of carbonyl (C=O) groups is 1. The third-order valence-electron chi connectivity index (χ3n) is 5.13. The summed E-state index contributed by atoms with van der Waals surface area (Å²) in [4.78, 5) is 14.9. The maximum Gasteiger partial charge on any atom is 0.272 e. The average Bonchev–Trinajstić information content (AvgIpc) is 3.31. The number of benzene rings is 1. The van der Waals surface area contributed by atoms with Gasteiger partial charge in [-0.1, -0.05) is 6.07 Å². The minimum Gasteiger partial charge on any atom is -0.348 e. The molecule has 1 aromatic carbocycles. The van der Waals surface area contributed by atoms with Crippen LogP contribution in [-0.2, 0) is 0 Å². The van der Waals surface area contributed by atoms with Gasteiger partial charge in [0.15, 0.2) is 5.69 Å². The molecule has 3 heterocycles. The number of halogens is 1. The molecule has 0 spiro atoms. The van der Waals surface area contributed by atoms with Gasteiger partial charge in [0.2, 0.25) is 0 Å². The van der Waals surface area contributed by atoms with Gasteiger partial charge in [0, 0.05) is 42.8 Å². The van der Waals surface area contributed by atoms with Crippen molar-refractivity contribution in [2.24, 2.45) is 0 Å². The van der Waals surface area contributed by atoms with E-state index in [1.807, 2.05) is 24.4 Å². The van der Waals surface area contributed by atoms with Crippen LogP contribution >= 0.6 is 0 Å². The SMILES string of the molecule is CC(C)(F)CN1CCC(NC(=O)c2n[nH]c3ccc(-c4cn[nH]c4)cc23)CC1. The second-order valence-electron chi connectivity index (χ2n) is 8.06. The zero-order chi connectivity index (χ0) is 19.7. The molecule has 1 aliphatic heterocycles. The first-order chi connectivity index (χ1) is 13.4. The molecule has 0 aliphatic carbocycles. The summed E-state index contributed by atoms with van der Waals surface area (Å²) in [6.07, 6.45) is 5.18. The predicted molar refractivity (Wildman–Crippen MR) is 106 cm³/mol. The summed E-state index contributed by atoms with van der Waals surface area (Å²) in [7, 11) is 0. The van der Waals surface area contributed by atoms with Crippen LogP contribution in [0.1, 0.15) is 37.2 Å². The second kappa shape index (κ2) is 7.35. The summed E-state index contributed by atoms with van der Waals surface area (Å²) >= 11 is 0. The van der Waals surface area contributed by atoms with Gasteiger partial charge in [0.1, 0.15) is 5.67 Å². The molecule has 1 fully saturated rings. The number of rotatable bonds is 5. The van der Waals surface area contributed by atoms with E-state index in [1.165, 1.54) is 0 Å². The number of H-pyrrole nitrogens is 2. The Hall–Kier alpha value is -2.74. The Bertz CT molecular complexity index is 951. The number of piperidine rings is 1. The van der Waals surface area contributed by atoms with Crippen LogP contribution in [0.25, 0.3) is 22.0 Å². The van der Waals surface area contributed by atoms with Crippen molar-refractivity contribution in [1.29, 1.82) is 0 Å². The van der Waals surface area contributed by atoms with Gasteiger partial charge < -0.3 is 10.2 Å². The van der Waals surface area contributed by atoms with Crippen molar-refractivity contribution < 1.29 is 9.18 Å². The Morgan fingerprint density at radius 2 is 2.11 bits per heavy atom. The van der Waals surface area contributed by atoms with E-state index in [9.17, 15) is 9.18 Å². The number of aromatic amines is 2. The van der Waals surface area contributed by atoms with E-state index < -0.39 is 5.67 Å². The van der Waals surface area contributed by atoms with Crippen molar-refractivity contribution in [3.63, 3.8) is 0 Å². The molecular weight excluding hydrogens is 359 g/mol. The first-order valence-corrected chi connectivity index (χ1v) is 9.58. The molecule has 28 heavy (non-hydrogen) atoms. The van der Waals surface area contributed by atoms with Crippen LogP contribution in [0, 0.1) is 0 Å². The number of hydrogen-bond acceptors (Lipinski definition) is 4. The largest absolute Gasteiger partial charge is 0.348 e. The lowest BCUT2D eigenvalue weighted by atomic mass is 10.0. The van der Waals surface area contributed by atoms with E-state index in [1.54, 1.807) is 20.0 Å². The Morgan fingerprint density at radius 1 is 1.32 bits per heavy atom. The number of aromatic nitrogens is 4. The summed E-state index contributed by atoms with van der Waals surface area (Å²) in [5.74, 6) is -0.181.